The molecule has 13 heteroatoms. The number of likely N-dealkylation sites (N-methyl/N-ethyl adjacent to an activating group) is 1. The lowest BCUT2D eigenvalue weighted by Crippen LogP contribution is -2.45. The Balaban J connectivity index is 0.00000126. The van der Waals surface area contributed by atoms with Gasteiger partial charge in [-0.25, -0.2) is 4.79 Å². The predicted octanol–water partition coefficient (Wildman–Crippen LogP) is 3.36. The van der Waals surface area contributed by atoms with Crippen molar-refractivity contribution in [2.75, 3.05) is 40.8 Å². The Bertz CT molecular complexity index is 652. The first-order chi connectivity index (χ1) is 14.9. The highest BCUT2D eigenvalue weighted by molar-refractivity contribution is 5.73. The number of esters is 1. The monoisotopic (exact) mass is 487 g/mol. The molecule has 0 atom stereocenters. The standard InChI is InChI=1S/C18H37N4O4.C2HF3O2/c1-8-20(18(2,3)4)21(24)19-26-16-11-9-15(10-12-16)17(23)25-14-13-22(5,6)7;3-2(4,5)1(6)7/h15-16H,8-14H2,1-7H3;(H,6,7)/q+1;/b21-19-;/t15-,16+;. The van der Waals surface area contributed by atoms with Crippen LogP contribution < -0.4 is 0 Å². The predicted molar refractivity (Wildman–Crippen MR) is 113 cm³/mol. The van der Waals surface area contributed by atoms with Crippen molar-refractivity contribution in [3.8, 4) is 0 Å². The van der Waals surface area contributed by atoms with Crippen molar-refractivity contribution in [1.82, 2.24) is 5.01 Å². The van der Waals surface area contributed by atoms with Gasteiger partial charge in [0.15, 0.2) is 0 Å². The zero-order valence-corrected chi connectivity index (χ0v) is 20.5. The van der Waals surface area contributed by atoms with Crippen LogP contribution in [0.15, 0.2) is 5.28 Å². The summed E-state index contributed by atoms with van der Waals surface area (Å²) in [5.41, 5.74) is -0.323. The third kappa shape index (κ3) is 13.1. The number of quaternary nitrogens is 1. The molecule has 0 aromatic rings. The molecule has 0 unspecified atom stereocenters. The third-order valence-electron chi connectivity index (χ3n) is 4.80. The fraction of sp³-hybridized carbons (Fsp3) is 0.900. The third-order valence-corrected chi connectivity index (χ3v) is 4.80. The lowest BCUT2D eigenvalue weighted by molar-refractivity contribution is -0.870. The number of nitrogens with zero attached hydrogens (tertiary/aromatic N) is 4. The van der Waals surface area contributed by atoms with E-state index in [1.54, 1.807) is 5.01 Å². The molecule has 0 bridgehead atoms. The fourth-order valence-corrected chi connectivity index (χ4v) is 2.94. The Morgan fingerprint density at radius 3 is 2.00 bits per heavy atom. The van der Waals surface area contributed by atoms with Gasteiger partial charge in [-0.1, -0.05) is 0 Å². The van der Waals surface area contributed by atoms with Crippen molar-refractivity contribution in [3.05, 3.63) is 5.21 Å². The maximum absolute atomic E-state index is 12.1. The number of carboxylic acid groups (broad SMARTS) is 1. The summed E-state index contributed by atoms with van der Waals surface area (Å²) < 4.78 is 37.9. The molecule has 1 aliphatic carbocycles. The van der Waals surface area contributed by atoms with Crippen molar-refractivity contribution in [2.45, 2.75) is 71.2 Å². The second-order valence-electron chi connectivity index (χ2n) is 9.78. The van der Waals surface area contributed by atoms with E-state index < -0.39 is 12.1 Å². The molecule has 0 amide bonds. The van der Waals surface area contributed by atoms with E-state index in [0.717, 1.165) is 11.0 Å². The smallest absolute Gasteiger partial charge is 0.490 e. The van der Waals surface area contributed by atoms with E-state index in [2.05, 4.69) is 26.4 Å². The van der Waals surface area contributed by atoms with Crippen molar-refractivity contribution < 1.29 is 46.9 Å². The zero-order chi connectivity index (χ0) is 26.0. The molecule has 0 radical (unpaired) electrons. The number of hydrogen-bond acceptors (Lipinski definition) is 6. The van der Waals surface area contributed by atoms with E-state index in [9.17, 15) is 23.2 Å². The van der Waals surface area contributed by atoms with Crippen LogP contribution in [0.4, 0.5) is 13.2 Å². The van der Waals surface area contributed by atoms with Gasteiger partial charge in [-0.2, -0.15) is 13.2 Å². The second kappa shape index (κ2) is 12.8. The second-order valence-corrected chi connectivity index (χ2v) is 9.78. The number of carboxylic acids is 1. The molecule has 0 saturated heterocycles. The van der Waals surface area contributed by atoms with Gasteiger partial charge < -0.3 is 24.4 Å². The molecule has 1 fully saturated rings. The van der Waals surface area contributed by atoms with E-state index in [4.69, 9.17) is 19.5 Å². The average Bonchev–Trinajstić information content (AvgIpc) is 2.64. The number of carbonyl (C=O) groups excluding carboxylic acids is 1. The summed E-state index contributed by atoms with van der Waals surface area (Å²) in [5, 5.41) is 24.5. The largest absolute Gasteiger partial charge is 0.569 e. The number of carbonyl (C=O) groups is 2. The van der Waals surface area contributed by atoms with Crippen molar-refractivity contribution in [3.63, 3.8) is 0 Å². The van der Waals surface area contributed by atoms with Gasteiger partial charge in [-0.15, -0.1) is 5.01 Å². The Morgan fingerprint density at radius 1 is 1.15 bits per heavy atom. The summed E-state index contributed by atoms with van der Waals surface area (Å²) in [6.07, 6.45) is -2.39. The number of ether oxygens (including phenoxy) is 1. The SMILES string of the molecule is CCN(/[N+]([O-])=N/O[C@H]1CC[C@@H](C(=O)OCC[N+](C)(C)C)CC1)C(C)(C)C.O=C(O)C(F)(F)F. The van der Waals surface area contributed by atoms with E-state index >= 15 is 0 Å². The van der Waals surface area contributed by atoms with Gasteiger partial charge in [-0.05, 0) is 53.4 Å². The highest BCUT2D eigenvalue weighted by Crippen LogP contribution is 2.27. The van der Waals surface area contributed by atoms with E-state index in [-0.39, 0.29) is 23.5 Å². The number of hydrazine groups is 1. The highest BCUT2D eigenvalue weighted by atomic mass is 19.4. The zero-order valence-electron chi connectivity index (χ0n) is 20.5. The molecule has 1 rings (SSSR count). The van der Waals surface area contributed by atoms with Gasteiger partial charge in [0.25, 0.3) is 0 Å². The van der Waals surface area contributed by atoms with Crippen LogP contribution in [-0.2, 0) is 19.2 Å². The van der Waals surface area contributed by atoms with Crippen LogP contribution in [0.5, 0.6) is 0 Å². The van der Waals surface area contributed by atoms with Gasteiger partial charge in [0, 0.05) is 0 Å². The maximum Gasteiger partial charge on any atom is 0.490 e. The summed E-state index contributed by atoms with van der Waals surface area (Å²) in [4.78, 5) is 27.0. The first-order valence-corrected chi connectivity index (χ1v) is 10.8. The summed E-state index contributed by atoms with van der Waals surface area (Å²) in [6, 6.07) is 0. The molecule has 0 heterocycles. The Labute approximate surface area is 193 Å². The molecular formula is C20H38F3N4O6+. The van der Waals surface area contributed by atoms with Gasteiger partial charge in [0.2, 0.25) is 5.28 Å². The summed E-state index contributed by atoms with van der Waals surface area (Å²) in [6.45, 7) is 9.54. The minimum absolute atomic E-state index is 0.0765. The van der Waals surface area contributed by atoms with Crippen molar-refractivity contribution in [1.29, 1.82) is 0 Å². The molecule has 0 spiro atoms. The Kier molecular flexibility index (Phi) is 11.9. The molecule has 0 aliphatic heterocycles. The molecule has 0 aromatic heterocycles. The maximum atomic E-state index is 12.1. The van der Waals surface area contributed by atoms with Gasteiger partial charge in [0.1, 0.15) is 19.3 Å². The lowest BCUT2D eigenvalue weighted by Gasteiger charge is -2.30. The average molecular weight is 488 g/mol. The molecule has 0 aromatic carbocycles. The molecule has 1 aliphatic rings. The molecule has 1 saturated carbocycles. The number of rotatable bonds is 8. The van der Waals surface area contributed by atoms with Gasteiger partial charge in [-0.3, -0.25) is 4.79 Å². The van der Waals surface area contributed by atoms with Crippen LogP contribution in [0.1, 0.15) is 53.4 Å². The quantitative estimate of drug-likeness (QED) is 0.184. The molecule has 194 valence electrons. The summed E-state index contributed by atoms with van der Waals surface area (Å²) in [5.74, 6) is -2.95. The minimum Gasteiger partial charge on any atom is -0.569 e. The van der Waals surface area contributed by atoms with E-state index in [1.807, 2.05) is 27.7 Å². The topological polar surface area (TPSA) is 115 Å². The van der Waals surface area contributed by atoms with Crippen molar-refractivity contribution in [2.24, 2.45) is 11.2 Å². The van der Waals surface area contributed by atoms with Crippen LogP contribution in [0, 0.1) is 11.1 Å². The number of hydrogen-bond donors (Lipinski definition) is 1. The minimum atomic E-state index is -5.08. The van der Waals surface area contributed by atoms with Crippen LogP contribution in [-0.4, -0.2) is 90.2 Å². The fourth-order valence-electron chi connectivity index (χ4n) is 2.94. The number of aliphatic carboxylic acids is 1. The van der Waals surface area contributed by atoms with Gasteiger partial charge >= 0.3 is 18.1 Å². The summed E-state index contributed by atoms with van der Waals surface area (Å²) in [7, 11) is 6.20. The van der Waals surface area contributed by atoms with Crippen LogP contribution in [0.2, 0.25) is 0 Å². The Morgan fingerprint density at radius 2 is 1.64 bits per heavy atom. The molecule has 1 N–H and O–H groups in total. The van der Waals surface area contributed by atoms with Crippen LogP contribution >= 0.6 is 0 Å². The number of alkyl halides is 3. The highest BCUT2D eigenvalue weighted by Gasteiger charge is 2.38. The Hall–Kier alpha value is -2.31. The van der Waals surface area contributed by atoms with Crippen molar-refractivity contribution >= 4 is 11.9 Å². The van der Waals surface area contributed by atoms with Crippen LogP contribution in [0.3, 0.4) is 0 Å². The molecular weight excluding hydrogens is 449 g/mol. The van der Waals surface area contributed by atoms with Crippen LogP contribution in [0.25, 0.3) is 0 Å². The first-order valence-electron chi connectivity index (χ1n) is 10.8. The van der Waals surface area contributed by atoms with Gasteiger partial charge in [0.05, 0.1) is 44.1 Å². The molecule has 33 heavy (non-hydrogen) atoms. The first kappa shape index (κ1) is 30.7. The molecule has 10 nitrogen and oxygen atoms in total. The lowest BCUT2D eigenvalue weighted by atomic mass is 9.87. The van der Waals surface area contributed by atoms with E-state index in [0.29, 0.717) is 43.8 Å². The number of halogens is 3. The summed E-state index contributed by atoms with van der Waals surface area (Å²) >= 11 is 0. The van der Waals surface area contributed by atoms with E-state index in [1.165, 1.54) is 0 Å². The normalized spacial score (nSPS) is 19.8.